The Morgan fingerprint density at radius 1 is 0.388 bits per heavy atom. The van der Waals surface area contributed by atoms with Gasteiger partial charge in [0.25, 0.3) is 17.7 Å². The van der Waals surface area contributed by atoms with Gasteiger partial charge in [-0.3, -0.25) is 19.3 Å². The molecule has 0 aliphatic carbocycles. The van der Waals surface area contributed by atoms with Gasteiger partial charge in [-0.1, -0.05) is 76.2 Å². The van der Waals surface area contributed by atoms with Crippen molar-refractivity contribution in [2.75, 3.05) is 0 Å². The first-order valence-corrected chi connectivity index (χ1v) is 25.7. The monoisotopic (exact) mass is 1110 g/mol. The molecule has 0 saturated carbocycles. The van der Waals surface area contributed by atoms with Gasteiger partial charge in [0, 0.05) is 28.4 Å². The molecular weight excluding hydrogens is 1060 g/mol. The van der Waals surface area contributed by atoms with Gasteiger partial charge >= 0.3 is 24.7 Å². The van der Waals surface area contributed by atoms with E-state index in [2.05, 4.69) is 0 Å². The van der Waals surface area contributed by atoms with E-state index in [1.54, 1.807) is 52.0 Å². The van der Waals surface area contributed by atoms with E-state index in [1.165, 1.54) is 17.0 Å². The lowest BCUT2D eigenvalue weighted by atomic mass is 9.75. The number of carbonyl (C=O) groups excluding carboxylic acids is 3. The molecule has 0 spiro atoms. The maximum Gasteiger partial charge on any atom is 0.416 e. The summed E-state index contributed by atoms with van der Waals surface area (Å²) in [5.74, 6) is -2.43. The Bertz CT molecular complexity index is 3870. The van der Waals surface area contributed by atoms with Gasteiger partial charge in [-0.15, -0.1) is 0 Å². The van der Waals surface area contributed by atoms with E-state index in [0.29, 0.717) is 12.8 Å². The standard InChI is InChI=1S/C62H44F12N2O4/c1-5-37(6-2)75-55(77)49-39(29-9-17-33(18-10-29)59(63,64)65)25-43-45-27-41(31-13-21-35(22-14-31)61(69,70)71)51-54-48(45)46(44-26-40(50(56(75)78)53(49)47(43)44)30-11-19-34(20-12-30)60(66,67)68)28-42(32-15-23-36(24-16-32)62(72,73)74)52(54)58(80)76(57(51)79)38(7-3)8-4/h9-28,37-38,55,77H,5-8H2,1-4H3. The summed E-state index contributed by atoms with van der Waals surface area (Å²) in [5, 5.41) is 14.1. The first-order valence-electron chi connectivity index (χ1n) is 25.7. The number of hydrogen-bond acceptors (Lipinski definition) is 4. The molecule has 80 heavy (non-hydrogen) atoms. The molecule has 0 fully saturated rings. The summed E-state index contributed by atoms with van der Waals surface area (Å²) in [5.41, 5.74) is -3.95. The van der Waals surface area contributed by atoms with Crippen LogP contribution in [0.3, 0.4) is 0 Å². The number of carbonyl (C=O) groups is 3. The van der Waals surface area contributed by atoms with Crippen LogP contribution in [0.5, 0.6) is 0 Å². The van der Waals surface area contributed by atoms with Gasteiger partial charge < -0.3 is 10.0 Å². The molecule has 0 aromatic heterocycles. The molecule has 1 unspecified atom stereocenters. The highest BCUT2D eigenvalue weighted by Crippen LogP contribution is 2.56. The third kappa shape index (κ3) is 8.33. The quantitative estimate of drug-likeness (QED) is 0.0641. The average Bonchev–Trinajstić information content (AvgIpc) is 3.12. The molecule has 3 amide bonds. The number of imide groups is 1. The van der Waals surface area contributed by atoms with Crippen molar-refractivity contribution in [1.29, 1.82) is 0 Å². The molecule has 0 bridgehead atoms. The predicted molar refractivity (Wildman–Crippen MR) is 280 cm³/mol. The Morgan fingerprint density at radius 3 is 0.963 bits per heavy atom. The number of amides is 3. The number of benzene rings is 9. The van der Waals surface area contributed by atoms with Gasteiger partial charge in [0.15, 0.2) is 6.23 Å². The summed E-state index contributed by atoms with van der Waals surface area (Å²) in [7, 11) is 0. The molecule has 18 heteroatoms. The van der Waals surface area contributed by atoms with Gasteiger partial charge in [0.05, 0.1) is 38.9 Å². The summed E-state index contributed by atoms with van der Waals surface area (Å²) in [6, 6.07) is 20.6. The van der Waals surface area contributed by atoms with E-state index in [4.69, 9.17) is 0 Å². The van der Waals surface area contributed by atoms with Crippen molar-refractivity contribution in [2.24, 2.45) is 0 Å². The van der Waals surface area contributed by atoms with Gasteiger partial charge in [0.2, 0.25) is 0 Å². The van der Waals surface area contributed by atoms with Crippen LogP contribution in [-0.2, 0) is 24.7 Å². The van der Waals surface area contributed by atoms with Crippen molar-refractivity contribution in [2.45, 2.75) is 96.4 Å². The lowest BCUT2D eigenvalue weighted by Crippen LogP contribution is -2.47. The van der Waals surface area contributed by atoms with Gasteiger partial charge in [0.1, 0.15) is 0 Å². The van der Waals surface area contributed by atoms with Crippen LogP contribution >= 0.6 is 0 Å². The van der Waals surface area contributed by atoms with Crippen molar-refractivity contribution in [3.63, 3.8) is 0 Å². The molecule has 6 nitrogen and oxygen atoms in total. The number of aliphatic hydroxyl groups excluding tert-OH is 1. The van der Waals surface area contributed by atoms with E-state index in [-0.39, 0.29) is 123 Å². The van der Waals surface area contributed by atoms with Crippen LogP contribution in [0.15, 0.2) is 121 Å². The molecule has 2 heterocycles. The average molecular weight is 1110 g/mol. The Hall–Kier alpha value is -7.99. The van der Waals surface area contributed by atoms with Crippen LogP contribution in [0, 0.1) is 0 Å². The normalized spacial score (nSPS) is 15.4. The van der Waals surface area contributed by atoms with Gasteiger partial charge in [-0.25, -0.2) is 0 Å². The largest absolute Gasteiger partial charge is 0.416 e. The molecule has 9 aromatic carbocycles. The molecule has 2 aliphatic rings. The predicted octanol–water partition coefficient (Wildman–Crippen LogP) is 17.9. The number of hydrogen-bond donors (Lipinski definition) is 1. The second-order valence-corrected chi connectivity index (χ2v) is 20.2. The second-order valence-electron chi connectivity index (χ2n) is 20.2. The molecule has 11 rings (SSSR count). The van der Waals surface area contributed by atoms with Gasteiger partial charge in [-0.05, 0) is 175 Å². The van der Waals surface area contributed by atoms with Crippen LogP contribution in [0.1, 0.15) is 118 Å². The first kappa shape index (κ1) is 54.0. The number of alkyl halides is 12. The number of halogens is 12. The third-order valence-corrected chi connectivity index (χ3v) is 16.0. The molecule has 0 radical (unpaired) electrons. The highest BCUT2D eigenvalue weighted by molar-refractivity contribution is 6.43. The number of fused-ring (bicyclic) bond motifs is 2. The topological polar surface area (TPSA) is 77.9 Å². The highest BCUT2D eigenvalue weighted by atomic mass is 19.4. The van der Waals surface area contributed by atoms with Crippen molar-refractivity contribution < 1.29 is 72.2 Å². The van der Waals surface area contributed by atoms with E-state index in [1.807, 2.05) is 0 Å². The summed E-state index contributed by atoms with van der Waals surface area (Å²) in [6.07, 6.45) is -19.9. The molecule has 410 valence electrons. The zero-order valence-electron chi connectivity index (χ0n) is 42.7. The Kier molecular flexibility index (Phi) is 12.7. The minimum Gasteiger partial charge on any atom is -0.369 e. The van der Waals surface area contributed by atoms with Crippen LogP contribution in [-0.4, -0.2) is 44.7 Å². The molecule has 2 aliphatic heterocycles. The molecule has 9 aromatic rings. The van der Waals surface area contributed by atoms with Crippen molar-refractivity contribution in [3.05, 3.63) is 166 Å². The summed E-state index contributed by atoms with van der Waals surface area (Å²) < 4.78 is 171. The minimum atomic E-state index is -4.80. The molecule has 0 saturated heterocycles. The minimum absolute atomic E-state index is 0.0212. The fourth-order valence-corrected chi connectivity index (χ4v) is 12.1. The van der Waals surface area contributed by atoms with Crippen molar-refractivity contribution >= 4 is 60.8 Å². The Balaban J connectivity index is 1.41. The fourth-order valence-electron chi connectivity index (χ4n) is 12.1. The zero-order chi connectivity index (χ0) is 57.4. The maximum absolute atomic E-state index is 15.6. The number of nitrogens with zero attached hydrogens (tertiary/aromatic N) is 2. The van der Waals surface area contributed by atoms with Crippen LogP contribution in [0.2, 0.25) is 0 Å². The van der Waals surface area contributed by atoms with E-state index in [0.717, 1.165) is 89.8 Å². The first-order chi connectivity index (χ1) is 37.7. The van der Waals surface area contributed by atoms with Gasteiger partial charge in [-0.2, -0.15) is 52.7 Å². The molecular formula is C62H44F12N2O4. The fraction of sp³-hybridized carbons (Fsp3) is 0.242. The third-order valence-electron chi connectivity index (χ3n) is 16.0. The van der Waals surface area contributed by atoms with Crippen LogP contribution in [0.4, 0.5) is 52.7 Å². The summed E-state index contributed by atoms with van der Waals surface area (Å²) in [6.45, 7) is 7.02. The van der Waals surface area contributed by atoms with Crippen molar-refractivity contribution in [1.82, 2.24) is 9.80 Å². The summed E-state index contributed by atoms with van der Waals surface area (Å²) >= 11 is 0. The molecule has 1 N–H and O–H groups in total. The van der Waals surface area contributed by atoms with Crippen molar-refractivity contribution in [3.8, 4) is 44.5 Å². The Labute approximate surface area is 448 Å². The smallest absolute Gasteiger partial charge is 0.369 e. The SMILES string of the molecule is CCC(CC)N1C(=O)c2c(-c3ccc(C(F)(F)F)cc3)cc3c4cc(-c5ccc(C(F)(F)F)cc5)c5c6c(c(-c7ccc(C(F)(F)F)cc7)cc(c7cc(-c8ccc(C(F)(F)F)cc8)c(c2c37)C1=O)c64)C(O)N(C(CC)CC)C5=O. The van der Waals surface area contributed by atoms with Crippen LogP contribution in [0.25, 0.3) is 87.6 Å². The van der Waals surface area contributed by atoms with E-state index < -0.39 is 83.0 Å². The van der Waals surface area contributed by atoms with Crippen LogP contribution < -0.4 is 0 Å². The van der Waals surface area contributed by atoms with E-state index in [9.17, 15) is 57.8 Å². The molecule has 1 atom stereocenters. The second kappa shape index (κ2) is 18.8. The maximum atomic E-state index is 15.6. The Morgan fingerprint density at radius 2 is 0.662 bits per heavy atom. The lowest BCUT2D eigenvalue weighted by molar-refractivity contribution is -0.138. The zero-order valence-corrected chi connectivity index (χ0v) is 42.7. The van der Waals surface area contributed by atoms with E-state index >= 15 is 14.4 Å². The lowest BCUT2D eigenvalue weighted by Gasteiger charge is -2.41. The number of aliphatic hydroxyl groups is 1. The summed E-state index contributed by atoms with van der Waals surface area (Å²) in [4.78, 5) is 49.0. The number of rotatable bonds is 10. The highest BCUT2D eigenvalue weighted by Gasteiger charge is 2.45.